The number of methoxy groups -OCH3 is 1. The van der Waals surface area contributed by atoms with Gasteiger partial charge in [-0.1, -0.05) is 25.4 Å². The first kappa shape index (κ1) is 13.5. The number of pyridine rings is 1. The number of rotatable bonds is 1. The van der Waals surface area contributed by atoms with Crippen LogP contribution in [0.25, 0.3) is 0 Å². The second-order valence-electron chi connectivity index (χ2n) is 2.26. The third kappa shape index (κ3) is 2.75. The van der Waals surface area contributed by atoms with Crippen LogP contribution < -0.4 is 10.5 Å². The second-order valence-corrected chi connectivity index (χ2v) is 3.42. The van der Waals surface area contributed by atoms with Gasteiger partial charge in [-0.25, -0.2) is 4.98 Å². The Kier molecular flexibility index (Phi) is 5.88. The Morgan fingerprint density at radius 3 is 2.36 bits per heavy atom. The third-order valence-corrected chi connectivity index (χ3v) is 2.84. The molecular weight excluding hydrogens is 267 g/mol. The lowest BCUT2D eigenvalue weighted by molar-refractivity contribution is 0.395. The van der Waals surface area contributed by atoms with Crippen LogP contribution in [0.5, 0.6) is 5.88 Å². The van der Waals surface area contributed by atoms with E-state index in [1.165, 1.54) is 7.11 Å². The van der Waals surface area contributed by atoms with E-state index in [2.05, 4.69) is 20.9 Å². The highest BCUT2D eigenvalue weighted by atomic mass is 79.9. The first-order valence-electron chi connectivity index (χ1n) is 4.23. The first-order chi connectivity index (χ1) is 6.57. The summed E-state index contributed by atoms with van der Waals surface area (Å²) in [6, 6.07) is 0. The molecule has 5 heteroatoms. The zero-order chi connectivity index (χ0) is 11.3. The number of ether oxygens (including phenoxy) is 1. The van der Waals surface area contributed by atoms with E-state index in [1.807, 2.05) is 20.8 Å². The van der Waals surface area contributed by atoms with Gasteiger partial charge in [-0.15, -0.1) is 0 Å². The molecule has 80 valence electrons. The smallest absolute Gasteiger partial charge is 0.219 e. The number of halogens is 2. The van der Waals surface area contributed by atoms with Crippen LogP contribution in [-0.4, -0.2) is 12.1 Å². The van der Waals surface area contributed by atoms with E-state index in [0.29, 0.717) is 21.2 Å². The predicted octanol–water partition coefficient (Wildman–Crippen LogP) is 3.42. The number of aromatic nitrogens is 1. The molecule has 0 spiro atoms. The average Bonchev–Trinajstić information content (AvgIpc) is 2.23. The van der Waals surface area contributed by atoms with E-state index in [0.717, 1.165) is 5.56 Å². The van der Waals surface area contributed by atoms with E-state index in [1.54, 1.807) is 0 Å². The van der Waals surface area contributed by atoms with Gasteiger partial charge in [-0.05, 0) is 22.9 Å². The number of nitrogens with zero attached hydrogens (tertiary/aromatic N) is 1. The molecule has 2 N–H and O–H groups in total. The Labute approximate surface area is 97.7 Å². The zero-order valence-electron chi connectivity index (χ0n) is 8.69. The molecule has 0 atom stereocenters. The van der Waals surface area contributed by atoms with Gasteiger partial charge in [0.1, 0.15) is 5.15 Å². The van der Waals surface area contributed by atoms with Crippen LogP contribution in [0.15, 0.2) is 4.47 Å². The van der Waals surface area contributed by atoms with Gasteiger partial charge in [0, 0.05) is 5.56 Å². The van der Waals surface area contributed by atoms with Crippen LogP contribution in [0.2, 0.25) is 5.15 Å². The van der Waals surface area contributed by atoms with Crippen LogP contribution in [0.1, 0.15) is 19.4 Å². The standard InChI is InChI=1S/C7H8BrClN2O.C2H6/c1-3-5(10)4(8)6(9)11-7(3)12-2;1-2/h1-2H3,(H2,10,11);1-2H3. The van der Waals surface area contributed by atoms with Crippen molar-refractivity contribution in [3.8, 4) is 5.88 Å². The van der Waals surface area contributed by atoms with E-state index in [-0.39, 0.29) is 0 Å². The van der Waals surface area contributed by atoms with Crippen molar-refractivity contribution >= 4 is 33.2 Å². The maximum atomic E-state index is 5.75. The first-order valence-corrected chi connectivity index (χ1v) is 5.40. The fourth-order valence-corrected chi connectivity index (χ4v) is 1.38. The van der Waals surface area contributed by atoms with Gasteiger partial charge in [0.05, 0.1) is 17.3 Å². The Balaban J connectivity index is 0.000000791. The largest absolute Gasteiger partial charge is 0.481 e. The highest BCUT2D eigenvalue weighted by Crippen LogP contribution is 2.33. The summed E-state index contributed by atoms with van der Waals surface area (Å²) in [5.74, 6) is 0.459. The number of nitrogen functional groups attached to an aromatic ring is 1. The van der Waals surface area contributed by atoms with Crippen LogP contribution in [0.3, 0.4) is 0 Å². The van der Waals surface area contributed by atoms with Crippen LogP contribution in [0, 0.1) is 6.92 Å². The molecule has 0 aliphatic heterocycles. The van der Waals surface area contributed by atoms with E-state index >= 15 is 0 Å². The van der Waals surface area contributed by atoms with Gasteiger partial charge in [0.2, 0.25) is 5.88 Å². The summed E-state index contributed by atoms with van der Waals surface area (Å²) in [6.07, 6.45) is 0. The molecule has 0 saturated carbocycles. The van der Waals surface area contributed by atoms with Gasteiger partial charge in [0.25, 0.3) is 0 Å². The number of anilines is 1. The average molecular weight is 282 g/mol. The Bertz CT molecular complexity index is 318. The van der Waals surface area contributed by atoms with Gasteiger partial charge >= 0.3 is 0 Å². The molecular formula is C9H14BrClN2O. The summed E-state index contributed by atoms with van der Waals surface area (Å²) >= 11 is 8.97. The maximum absolute atomic E-state index is 5.75. The van der Waals surface area contributed by atoms with Gasteiger partial charge < -0.3 is 10.5 Å². The SMILES string of the molecule is CC.COc1nc(Cl)c(Br)c(N)c1C. The molecule has 0 unspecified atom stereocenters. The Morgan fingerprint density at radius 1 is 1.43 bits per heavy atom. The second kappa shape index (κ2) is 6.09. The van der Waals surface area contributed by atoms with Crippen molar-refractivity contribution in [3.05, 3.63) is 15.2 Å². The summed E-state index contributed by atoms with van der Waals surface area (Å²) < 4.78 is 5.58. The molecule has 1 aromatic rings. The Morgan fingerprint density at radius 2 is 1.93 bits per heavy atom. The fourth-order valence-electron chi connectivity index (χ4n) is 0.812. The van der Waals surface area contributed by atoms with Crippen molar-refractivity contribution in [3.63, 3.8) is 0 Å². The minimum absolute atomic E-state index is 0.315. The van der Waals surface area contributed by atoms with Crippen LogP contribution in [-0.2, 0) is 0 Å². The lowest BCUT2D eigenvalue weighted by Gasteiger charge is -2.08. The van der Waals surface area contributed by atoms with Gasteiger partial charge in [-0.2, -0.15) is 0 Å². The summed E-state index contributed by atoms with van der Waals surface area (Å²) in [5.41, 5.74) is 7.06. The number of hydrogen-bond acceptors (Lipinski definition) is 3. The minimum Gasteiger partial charge on any atom is -0.481 e. The van der Waals surface area contributed by atoms with Gasteiger partial charge in [-0.3, -0.25) is 0 Å². The molecule has 0 saturated heterocycles. The molecule has 14 heavy (non-hydrogen) atoms. The summed E-state index contributed by atoms with van der Waals surface area (Å²) in [4.78, 5) is 3.97. The molecule has 0 amide bonds. The van der Waals surface area contributed by atoms with Crippen molar-refractivity contribution in [2.24, 2.45) is 0 Å². The highest BCUT2D eigenvalue weighted by Gasteiger charge is 2.11. The topological polar surface area (TPSA) is 48.1 Å². The molecule has 0 aromatic carbocycles. The van der Waals surface area contributed by atoms with E-state index < -0.39 is 0 Å². The van der Waals surface area contributed by atoms with Crippen molar-refractivity contribution in [2.75, 3.05) is 12.8 Å². The normalized spacial score (nSPS) is 9.00. The molecule has 1 heterocycles. The summed E-state index contributed by atoms with van der Waals surface area (Å²) in [5, 5.41) is 0.315. The quantitative estimate of drug-likeness (QED) is 0.802. The van der Waals surface area contributed by atoms with Crippen molar-refractivity contribution in [1.82, 2.24) is 4.98 Å². The van der Waals surface area contributed by atoms with Crippen molar-refractivity contribution in [2.45, 2.75) is 20.8 Å². The molecule has 3 nitrogen and oxygen atoms in total. The molecule has 0 fully saturated rings. The van der Waals surface area contributed by atoms with Crippen LogP contribution >= 0.6 is 27.5 Å². The van der Waals surface area contributed by atoms with E-state index in [9.17, 15) is 0 Å². The monoisotopic (exact) mass is 280 g/mol. The molecule has 0 bridgehead atoms. The van der Waals surface area contributed by atoms with Crippen LogP contribution in [0.4, 0.5) is 5.69 Å². The minimum atomic E-state index is 0.315. The number of nitrogens with two attached hydrogens (primary N) is 1. The molecule has 1 aromatic heterocycles. The van der Waals surface area contributed by atoms with Gasteiger partial charge in [0.15, 0.2) is 0 Å². The molecule has 0 aliphatic rings. The summed E-state index contributed by atoms with van der Waals surface area (Å²) in [7, 11) is 1.53. The number of hydrogen-bond donors (Lipinski definition) is 1. The predicted molar refractivity (Wildman–Crippen MR) is 64.0 cm³/mol. The zero-order valence-corrected chi connectivity index (χ0v) is 11.0. The maximum Gasteiger partial charge on any atom is 0.219 e. The van der Waals surface area contributed by atoms with E-state index in [4.69, 9.17) is 22.1 Å². The van der Waals surface area contributed by atoms with Crippen molar-refractivity contribution < 1.29 is 4.74 Å². The third-order valence-electron chi connectivity index (χ3n) is 1.54. The molecule has 0 radical (unpaired) electrons. The lowest BCUT2D eigenvalue weighted by atomic mass is 10.2. The highest BCUT2D eigenvalue weighted by molar-refractivity contribution is 9.10. The molecule has 0 aliphatic carbocycles. The van der Waals surface area contributed by atoms with Crippen molar-refractivity contribution in [1.29, 1.82) is 0 Å². The Hall–Kier alpha value is -0.480. The molecule has 1 rings (SSSR count). The lowest BCUT2D eigenvalue weighted by Crippen LogP contribution is -1.98. The fraction of sp³-hybridized carbons (Fsp3) is 0.444. The summed E-state index contributed by atoms with van der Waals surface area (Å²) in [6.45, 7) is 5.82.